The lowest BCUT2D eigenvalue weighted by Gasteiger charge is -2.32. The average molecular weight is 492 g/mol. The highest BCUT2D eigenvalue weighted by Crippen LogP contribution is 2.26. The Labute approximate surface area is 198 Å². The Bertz CT molecular complexity index is 1100. The minimum Gasteiger partial charge on any atom is -0.390 e. The van der Waals surface area contributed by atoms with Crippen molar-refractivity contribution in [3.63, 3.8) is 0 Å². The Balaban J connectivity index is 0.000000261. The van der Waals surface area contributed by atoms with Gasteiger partial charge in [-0.15, -0.1) is 0 Å². The molecule has 3 aromatic rings. The Morgan fingerprint density at radius 3 is 2.40 bits per heavy atom. The molecule has 1 aliphatic heterocycles. The molecule has 10 nitrogen and oxygen atoms in total. The number of amides is 1. The quantitative estimate of drug-likeness (QED) is 0.423. The molecule has 3 unspecified atom stereocenters. The van der Waals surface area contributed by atoms with Crippen molar-refractivity contribution in [1.82, 2.24) is 25.3 Å². The molecule has 35 heavy (non-hydrogen) atoms. The molecule has 1 aliphatic rings. The van der Waals surface area contributed by atoms with E-state index in [1.807, 2.05) is 30.3 Å². The number of hydrogen-bond donors (Lipinski definition) is 4. The first-order valence-corrected chi connectivity index (χ1v) is 10.4. The second kappa shape index (κ2) is 11.6. The van der Waals surface area contributed by atoms with E-state index in [0.717, 1.165) is 11.8 Å². The molecule has 5 N–H and O–H groups in total. The molecule has 13 heteroatoms. The number of halogens is 3. The Morgan fingerprint density at radius 1 is 1.11 bits per heavy atom. The normalized spacial score (nSPS) is 19.9. The molecule has 2 aromatic heterocycles. The minimum atomic E-state index is -4.47. The Morgan fingerprint density at radius 2 is 1.80 bits per heavy atom. The van der Waals surface area contributed by atoms with Crippen LogP contribution in [0.1, 0.15) is 22.5 Å². The van der Waals surface area contributed by atoms with E-state index in [-0.39, 0.29) is 18.3 Å². The number of hydrogen-bond acceptors (Lipinski definition) is 9. The maximum Gasteiger partial charge on any atom is 0.434 e. The van der Waals surface area contributed by atoms with E-state index >= 15 is 0 Å². The van der Waals surface area contributed by atoms with Crippen molar-refractivity contribution in [2.45, 2.75) is 30.9 Å². The van der Waals surface area contributed by atoms with E-state index in [1.54, 1.807) is 0 Å². The number of aromatic nitrogens is 4. The van der Waals surface area contributed by atoms with Crippen LogP contribution in [-0.4, -0.2) is 67.5 Å². The highest BCUT2D eigenvalue weighted by molar-refractivity contribution is 5.93. The number of nitrogens with zero attached hydrogens (tertiary/aromatic N) is 4. The van der Waals surface area contributed by atoms with E-state index < -0.39 is 30.2 Å². The monoisotopic (exact) mass is 492 g/mol. The maximum atomic E-state index is 12.1. The van der Waals surface area contributed by atoms with Crippen LogP contribution >= 0.6 is 0 Å². The van der Waals surface area contributed by atoms with Crippen LogP contribution in [0.5, 0.6) is 0 Å². The summed E-state index contributed by atoms with van der Waals surface area (Å²) in [4.78, 5) is 26.8. The molecule has 0 spiro atoms. The maximum absolute atomic E-state index is 12.1. The summed E-state index contributed by atoms with van der Waals surface area (Å²) in [6.45, 7) is 0.463. The number of benzene rings is 1. The van der Waals surface area contributed by atoms with Crippen molar-refractivity contribution in [2.24, 2.45) is 0 Å². The zero-order valence-corrected chi connectivity index (χ0v) is 18.3. The first-order valence-electron chi connectivity index (χ1n) is 10.4. The summed E-state index contributed by atoms with van der Waals surface area (Å²) in [6.07, 6.45) is -1.95. The third-order valence-corrected chi connectivity index (χ3v) is 4.87. The van der Waals surface area contributed by atoms with Gasteiger partial charge in [-0.25, -0.2) is 15.0 Å². The van der Waals surface area contributed by atoms with Crippen molar-refractivity contribution < 1.29 is 32.9 Å². The van der Waals surface area contributed by atoms with Gasteiger partial charge in [0.05, 0.1) is 24.1 Å². The number of nitrogens with one attached hydrogen (secondary N) is 1. The predicted molar refractivity (Wildman–Crippen MR) is 118 cm³/mol. The Hall–Kier alpha value is -3.68. The number of nitrogens with two attached hydrogens (primary N) is 1. The number of aliphatic hydroxyl groups is 2. The molecule has 186 valence electrons. The van der Waals surface area contributed by atoms with Crippen LogP contribution in [0.3, 0.4) is 0 Å². The second-order valence-electron chi connectivity index (χ2n) is 7.45. The number of aliphatic hydroxyl groups excluding tert-OH is 2. The minimum absolute atomic E-state index is 0.109. The lowest BCUT2D eigenvalue weighted by molar-refractivity contribution is -0.141. The molecule has 0 radical (unpaired) electrons. The van der Waals surface area contributed by atoms with Gasteiger partial charge >= 0.3 is 6.18 Å². The van der Waals surface area contributed by atoms with Gasteiger partial charge in [0.2, 0.25) is 0 Å². The molecule has 0 aliphatic carbocycles. The molecule has 0 saturated carbocycles. The van der Waals surface area contributed by atoms with Gasteiger partial charge < -0.3 is 26.0 Å². The first-order chi connectivity index (χ1) is 16.6. The molecular formula is C22H23F3N6O4. The summed E-state index contributed by atoms with van der Waals surface area (Å²) in [5, 5.41) is 22.1. The van der Waals surface area contributed by atoms with Crippen molar-refractivity contribution >= 4 is 11.7 Å². The van der Waals surface area contributed by atoms with Gasteiger partial charge in [0.1, 0.15) is 18.0 Å². The van der Waals surface area contributed by atoms with Crippen LogP contribution in [0.2, 0.25) is 0 Å². The van der Waals surface area contributed by atoms with E-state index in [9.17, 15) is 28.2 Å². The van der Waals surface area contributed by atoms with Crippen LogP contribution in [0, 0.1) is 0 Å². The van der Waals surface area contributed by atoms with Crippen molar-refractivity contribution in [1.29, 1.82) is 0 Å². The van der Waals surface area contributed by atoms with Gasteiger partial charge in [0, 0.05) is 31.1 Å². The zero-order chi connectivity index (χ0) is 25.4. The summed E-state index contributed by atoms with van der Waals surface area (Å²) in [6, 6.07) is 9.47. The fourth-order valence-electron chi connectivity index (χ4n) is 3.03. The lowest BCUT2D eigenvalue weighted by Crippen LogP contribution is -2.49. The number of alkyl halides is 3. The predicted octanol–water partition coefficient (Wildman–Crippen LogP) is 1.46. The van der Waals surface area contributed by atoms with Gasteiger partial charge in [-0.2, -0.15) is 13.2 Å². The van der Waals surface area contributed by atoms with Crippen LogP contribution in [-0.2, 0) is 10.9 Å². The molecule has 1 saturated heterocycles. The highest BCUT2D eigenvalue weighted by Gasteiger charge is 2.33. The number of anilines is 1. The van der Waals surface area contributed by atoms with Crippen LogP contribution in [0.4, 0.5) is 19.0 Å². The molecule has 4 rings (SSSR count). The van der Waals surface area contributed by atoms with Crippen molar-refractivity contribution in [3.05, 3.63) is 66.4 Å². The topological polar surface area (TPSA) is 156 Å². The van der Waals surface area contributed by atoms with E-state index in [0.29, 0.717) is 30.6 Å². The van der Waals surface area contributed by atoms with Crippen molar-refractivity contribution in [3.8, 4) is 11.4 Å². The van der Waals surface area contributed by atoms with Crippen LogP contribution in [0.25, 0.3) is 11.4 Å². The summed E-state index contributed by atoms with van der Waals surface area (Å²) < 4.78 is 40.8. The SMILES string of the molecule is Nc1cncc(C(F)(F)F)n1.O=C(NCC1OCCC(O)C1O)c1cnc(-c2ccccc2)nc1. The van der Waals surface area contributed by atoms with Crippen LogP contribution in [0.15, 0.2) is 55.1 Å². The van der Waals surface area contributed by atoms with E-state index in [1.165, 1.54) is 12.4 Å². The largest absolute Gasteiger partial charge is 0.434 e. The first kappa shape index (κ1) is 25.9. The van der Waals surface area contributed by atoms with Crippen LogP contribution < -0.4 is 11.1 Å². The number of nitrogen functional groups attached to an aromatic ring is 1. The lowest BCUT2D eigenvalue weighted by atomic mass is 10.0. The van der Waals surface area contributed by atoms with E-state index in [2.05, 4.69) is 25.3 Å². The molecule has 3 heterocycles. The summed E-state index contributed by atoms with van der Waals surface area (Å²) in [5.41, 5.74) is 5.10. The van der Waals surface area contributed by atoms with Crippen molar-refractivity contribution in [2.75, 3.05) is 18.9 Å². The number of rotatable bonds is 4. The van der Waals surface area contributed by atoms with Gasteiger partial charge in [0.25, 0.3) is 5.91 Å². The molecule has 1 amide bonds. The summed E-state index contributed by atoms with van der Waals surface area (Å²) >= 11 is 0. The third kappa shape index (κ3) is 7.40. The average Bonchev–Trinajstić information content (AvgIpc) is 2.85. The van der Waals surface area contributed by atoms with Gasteiger partial charge in [-0.1, -0.05) is 30.3 Å². The smallest absolute Gasteiger partial charge is 0.390 e. The molecule has 0 bridgehead atoms. The summed E-state index contributed by atoms with van der Waals surface area (Å²) in [5.74, 6) is -0.0494. The second-order valence-corrected chi connectivity index (χ2v) is 7.45. The number of ether oxygens (including phenoxy) is 1. The molecule has 3 atom stereocenters. The summed E-state index contributed by atoms with van der Waals surface area (Å²) in [7, 11) is 0. The number of carbonyl (C=O) groups is 1. The van der Waals surface area contributed by atoms with Gasteiger partial charge in [-0.05, 0) is 6.42 Å². The van der Waals surface area contributed by atoms with Gasteiger partial charge in [-0.3, -0.25) is 9.78 Å². The van der Waals surface area contributed by atoms with Gasteiger partial charge in [0.15, 0.2) is 11.5 Å². The molecule has 1 aromatic carbocycles. The zero-order valence-electron chi connectivity index (χ0n) is 18.3. The number of carbonyl (C=O) groups excluding carboxylic acids is 1. The Kier molecular flexibility index (Phi) is 8.63. The standard InChI is InChI=1S/C17H19N3O4.C5H4F3N3/c21-13-6-7-24-14(15(13)22)10-20-17(23)12-8-18-16(19-9-12)11-4-2-1-3-5-11;6-5(7,8)3-1-10-2-4(9)11-3/h1-5,8-9,13-15,21-22H,6-7,10H2,(H,20,23);1-2H,(H2,9,11). The fourth-order valence-corrected chi connectivity index (χ4v) is 3.03. The third-order valence-electron chi connectivity index (χ3n) is 4.87. The van der Waals surface area contributed by atoms with E-state index in [4.69, 9.17) is 10.5 Å². The fraction of sp³-hybridized carbons (Fsp3) is 0.318. The molecular weight excluding hydrogens is 469 g/mol. The highest BCUT2D eigenvalue weighted by atomic mass is 19.4. The molecule has 1 fully saturated rings.